The molecule has 2 aliphatic heterocycles. The Morgan fingerprint density at radius 3 is 3.18 bits per heavy atom. The number of thioether (sulfide) groups is 1. The monoisotopic (exact) mass is 250 g/mol. The molecule has 2 aliphatic rings. The fraction of sp³-hybridized carbons (Fsp3) is 0.400. The lowest BCUT2D eigenvalue weighted by Gasteiger charge is -2.18. The first kappa shape index (κ1) is 10.5. The summed E-state index contributed by atoms with van der Waals surface area (Å²) in [7, 11) is 0. The second-order valence-electron chi connectivity index (χ2n) is 3.83. The van der Waals surface area contributed by atoms with Crippen LogP contribution in [0.3, 0.4) is 0 Å². The fourth-order valence-electron chi connectivity index (χ4n) is 2.00. The standard InChI is InChI=1S/C10H10N4O2S/c11-10-14(7-4-17-5-8(7)16-10)9(15)6-3-12-1-2-13-6/h1-3,7-8,11H,4-5H2/t7-,8-/m0/s1. The molecule has 7 heteroatoms. The molecule has 6 nitrogen and oxygen atoms in total. The van der Waals surface area contributed by atoms with Crippen LogP contribution in [-0.4, -0.2) is 50.4 Å². The molecular weight excluding hydrogens is 240 g/mol. The topological polar surface area (TPSA) is 79.2 Å². The number of hydrogen-bond donors (Lipinski definition) is 1. The number of nitrogens with zero attached hydrogens (tertiary/aromatic N) is 3. The van der Waals surface area contributed by atoms with Crippen molar-refractivity contribution in [1.29, 1.82) is 5.41 Å². The van der Waals surface area contributed by atoms with Gasteiger partial charge in [0.25, 0.3) is 11.9 Å². The summed E-state index contributed by atoms with van der Waals surface area (Å²) < 4.78 is 5.36. The second kappa shape index (κ2) is 3.99. The van der Waals surface area contributed by atoms with Crippen molar-refractivity contribution in [1.82, 2.24) is 14.9 Å². The van der Waals surface area contributed by atoms with Gasteiger partial charge in [-0.3, -0.25) is 20.1 Å². The molecule has 3 rings (SSSR count). The largest absolute Gasteiger partial charge is 0.459 e. The lowest BCUT2D eigenvalue weighted by molar-refractivity contribution is 0.0817. The molecule has 0 radical (unpaired) electrons. The molecule has 17 heavy (non-hydrogen) atoms. The van der Waals surface area contributed by atoms with Gasteiger partial charge >= 0.3 is 0 Å². The minimum Gasteiger partial charge on any atom is -0.459 e. The second-order valence-corrected chi connectivity index (χ2v) is 4.91. The third kappa shape index (κ3) is 1.66. The van der Waals surface area contributed by atoms with Crippen LogP contribution in [0.1, 0.15) is 10.5 Å². The van der Waals surface area contributed by atoms with Crippen LogP contribution in [0.4, 0.5) is 0 Å². The number of carbonyl (C=O) groups is 1. The van der Waals surface area contributed by atoms with Crippen molar-refractivity contribution in [3.63, 3.8) is 0 Å². The Balaban J connectivity index is 1.89. The molecule has 3 heterocycles. The third-order valence-corrected chi connectivity index (χ3v) is 3.96. The molecule has 2 saturated heterocycles. The Kier molecular flexibility index (Phi) is 2.47. The highest BCUT2D eigenvalue weighted by Gasteiger charge is 2.46. The van der Waals surface area contributed by atoms with Crippen LogP contribution in [0.5, 0.6) is 0 Å². The summed E-state index contributed by atoms with van der Waals surface area (Å²) in [5.41, 5.74) is 0.249. The van der Waals surface area contributed by atoms with Gasteiger partial charge in [0, 0.05) is 23.9 Å². The van der Waals surface area contributed by atoms with Gasteiger partial charge < -0.3 is 4.74 Å². The first-order chi connectivity index (χ1) is 8.27. The van der Waals surface area contributed by atoms with E-state index in [2.05, 4.69) is 9.97 Å². The summed E-state index contributed by atoms with van der Waals surface area (Å²) in [5.74, 6) is 1.33. The summed E-state index contributed by atoms with van der Waals surface area (Å²) in [6.45, 7) is 0. The van der Waals surface area contributed by atoms with Gasteiger partial charge in [0.05, 0.1) is 12.2 Å². The van der Waals surface area contributed by atoms with Crippen LogP contribution in [0, 0.1) is 5.41 Å². The van der Waals surface area contributed by atoms with Crippen molar-refractivity contribution >= 4 is 23.7 Å². The number of nitrogens with one attached hydrogen (secondary N) is 1. The van der Waals surface area contributed by atoms with Gasteiger partial charge in [0.2, 0.25) is 0 Å². The Hall–Kier alpha value is -1.63. The molecule has 1 aromatic rings. The zero-order valence-electron chi connectivity index (χ0n) is 8.87. The molecule has 1 amide bonds. The van der Waals surface area contributed by atoms with E-state index in [0.717, 1.165) is 11.5 Å². The summed E-state index contributed by atoms with van der Waals surface area (Å²) >= 11 is 1.73. The van der Waals surface area contributed by atoms with E-state index in [1.807, 2.05) is 0 Å². The third-order valence-electron chi connectivity index (χ3n) is 2.81. The van der Waals surface area contributed by atoms with E-state index < -0.39 is 0 Å². The summed E-state index contributed by atoms with van der Waals surface area (Å²) in [5, 5.41) is 7.71. The van der Waals surface area contributed by atoms with Gasteiger partial charge in [-0.2, -0.15) is 11.8 Å². The number of hydrogen-bond acceptors (Lipinski definition) is 6. The van der Waals surface area contributed by atoms with E-state index in [9.17, 15) is 4.79 Å². The van der Waals surface area contributed by atoms with E-state index in [4.69, 9.17) is 10.1 Å². The highest BCUT2D eigenvalue weighted by molar-refractivity contribution is 7.99. The predicted octanol–water partition coefficient (Wildman–Crippen LogP) is 0.368. The number of rotatable bonds is 1. The van der Waals surface area contributed by atoms with Crippen LogP contribution < -0.4 is 0 Å². The number of fused-ring (bicyclic) bond motifs is 1. The van der Waals surface area contributed by atoms with Crippen molar-refractivity contribution in [2.75, 3.05) is 11.5 Å². The average molecular weight is 250 g/mol. The maximum atomic E-state index is 12.2. The molecule has 1 aromatic heterocycles. The molecule has 0 spiro atoms. The van der Waals surface area contributed by atoms with Gasteiger partial charge in [0.15, 0.2) is 0 Å². The van der Waals surface area contributed by atoms with Crippen molar-refractivity contribution in [2.45, 2.75) is 12.1 Å². The number of carbonyl (C=O) groups excluding carboxylic acids is 1. The van der Waals surface area contributed by atoms with Crippen molar-refractivity contribution in [3.8, 4) is 0 Å². The summed E-state index contributed by atoms with van der Waals surface area (Å²) in [6, 6.07) is -0.113. The zero-order chi connectivity index (χ0) is 11.8. The van der Waals surface area contributed by atoms with Crippen LogP contribution >= 0.6 is 11.8 Å². The molecule has 0 aromatic carbocycles. The van der Waals surface area contributed by atoms with Crippen LogP contribution in [0.15, 0.2) is 18.6 Å². The normalized spacial score (nSPS) is 26.8. The van der Waals surface area contributed by atoms with E-state index in [0.29, 0.717) is 0 Å². The predicted molar refractivity (Wildman–Crippen MR) is 61.9 cm³/mol. The maximum Gasteiger partial charge on any atom is 0.292 e. The number of amidine groups is 1. The van der Waals surface area contributed by atoms with Crippen molar-refractivity contribution < 1.29 is 9.53 Å². The molecule has 0 bridgehead atoms. The summed E-state index contributed by atoms with van der Waals surface area (Å²) in [4.78, 5) is 21.4. The van der Waals surface area contributed by atoms with E-state index in [1.165, 1.54) is 23.5 Å². The number of aromatic nitrogens is 2. The van der Waals surface area contributed by atoms with Gasteiger partial charge in [-0.05, 0) is 0 Å². The summed E-state index contributed by atoms with van der Waals surface area (Å²) in [6.07, 6.45) is 4.34. The van der Waals surface area contributed by atoms with Crippen molar-refractivity contribution in [2.24, 2.45) is 0 Å². The van der Waals surface area contributed by atoms with Crippen molar-refractivity contribution in [3.05, 3.63) is 24.3 Å². The quantitative estimate of drug-likeness (QED) is 0.779. The van der Waals surface area contributed by atoms with Crippen LogP contribution in [-0.2, 0) is 4.74 Å². The Labute approximate surface area is 102 Å². The Morgan fingerprint density at radius 1 is 1.53 bits per heavy atom. The van der Waals surface area contributed by atoms with E-state index >= 15 is 0 Å². The molecule has 0 unspecified atom stereocenters. The van der Waals surface area contributed by atoms with E-state index in [-0.39, 0.29) is 29.8 Å². The zero-order valence-corrected chi connectivity index (χ0v) is 9.68. The fourth-order valence-corrected chi connectivity index (χ4v) is 3.27. The molecular formula is C10H10N4O2S. The number of amides is 1. The molecule has 88 valence electrons. The van der Waals surface area contributed by atoms with Gasteiger partial charge in [-0.25, -0.2) is 4.98 Å². The van der Waals surface area contributed by atoms with Crippen LogP contribution in [0.25, 0.3) is 0 Å². The molecule has 0 aliphatic carbocycles. The SMILES string of the molecule is N=C1O[C@H]2CSC[C@@H]2N1C(=O)c1cnccn1. The average Bonchev–Trinajstić information content (AvgIpc) is 2.89. The van der Waals surface area contributed by atoms with Gasteiger partial charge in [0.1, 0.15) is 11.8 Å². The minimum atomic E-state index is -0.307. The Morgan fingerprint density at radius 2 is 2.41 bits per heavy atom. The highest BCUT2D eigenvalue weighted by Crippen LogP contribution is 2.31. The lowest BCUT2D eigenvalue weighted by atomic mass is 10.2. The first-order valence-electron chi connectivity index (χ1n) is 5.20. The highest BCUT2D eigenvalue weighted by atomic mass is 32.2. The maximum absolute atomic E-state index is 12.2. The minimum absolute atomic E-state index is 0.0398. The Bertz CT molecular complexity index is 467. The molecule has 2 fully saturated rings. The number of ether oxygens (including phenoxy) is 1. The van der Waals surface area contributed by atoms with E-state index in [1.54, 1.807) is 11.8 Å². The first-order valence-corrected chi connectivity index (χ1v) is 6.35. The van der Waals surface area contributed by atoms with Gasteiger partial charge in [-0.15, -0.1) is 0 Å². The molecule has 2 atom stereocenters. The van der Waals surface area contributed by atoms with Crippen LogP contribution in [0.2, 0.25) is 0 Å². The van der Waals surface area contributed by atoms with Gasteiger partial charge in [-0.1, -0.05) is 0 Å². The molecule has 0 saturated carbocycles. The lowest BCUT2D eigenvalue weighted by Crippen LogP contribution is -2.41. The molecule has 1 N–H and O–H groups in total. The smallest absolute Gasteiger partial charge is 0.292 e.